The molecule has 1 unspecified atom stereocenters. The molecule has 0 saturated heterocycles. The molecule has 0 heterocycles. The monoisotopic (exact) mass is 92.1 g/mol. The van der Waals surface area contributed by atoms with E-state index in [1.807, 2.05) is 0 Å². The zero-order chi connectivity index (χ0) is 4.99. The van der Waals surface area contributed by atoms with Gasteiger partial charge in [0.05, 0.1) is 0 Å². The zero-order valence-electron chi connectivity index (χ0n) is 3.29. The first kappa shape index (κ1) is 5.84. The van der Waals surface area contributed by atoms with Gasteiger partial charge in [-0.05, 0) is 0 Å². The molecule has 0 aromatic heterocycles. The van der Waals surface area contributed by atoms with Gasteiger partial charge in [0, 0.05) is 0 Å². The average molecular weight is 92.1 g/mol. The Kier molecular flexibility index (Phi) is 2.97. The molecule has 0 aliphatic rings. The lowest BCUT2D eigenvalue weighted by molar-refractivity contribution is 0.0401. The van der Waals surface area contributed by atoms with Crippen molar-refractivity contribution in [2.24, 2.45) is 11.6 Å². The van der Waals surface area contributed by atoms with Crippen LogP contribution in [0.1, 0.15) is 0 Å². The lowest BCUT2D eigenvalue weighted by Gasteiger charge is -1.96. The number of rotatable bonds is 2. The van der Waals surface area contributed by atoms with E-state index in [4.69, 9.17) is 10.8 Å². The van der Waals surface area contributed by atoms with Crippen LogP contribution in [-0.2, 0) is 4.84 Å². The number of aliphatic hydroxyl groups excluding tert-OH is 1. The molecule has 0 radical (unpaired) electrons. The van der Waals surface area contributed by atoms with Gasteiger partial charge in [-0.2, -0.15) is 0 Å². The van der Waals surface area contributed by atoms with E-state index in [0.717, 1.165) is 0 Å². The Labute approximate surface area is 35.6 Å². The third kappa shape index (κ3) is 3.84. The molecule has 38 valence electrons. The minimum atomic E-state index is -0.949. The fourth-order valence-corrected chi connectivity index (χ4v) is 0.0986. The van der Waals surface area contributed by atoms with Crippen LogP contribution in [0.3, 0.4) is 0 Å². The topological polar surface area (TPSA) is 81.5 Å². The highest BCUT2D eigenvalue weighted by Crippen LogP contribution is 1.63. The Balaban J connectivity index is 2.63. The molecule has 1 atom stereocenters. The van der Waals surface area contributed by atoms with Crippen LogP contribution >= 0.6 is 0 Å². The fraction of sp³-hybridized carbons (Fsp3) is 1.00. The summed E-state index contributed by atoms with van der Waals surface area (Å²) in [6.07, 6.45) is -0.949. The highest BCUT2D eigenvalue weighted by atomic mass is 16.6. The lowest BCUT2D eigenvalue weighted by atomic mass is 10.7. The first-order valence-corrected chi connectivity index (χ1v) is 1.52. The van der Waals surface area contributed by atoms with Crippen LogP contribution < -0.4 is 11.6 Å². The van der Waals surface area contributed by atoms with Gasteiger partial charge in [-0.25, -0.2) is 5.90 Å². The third-order valence-corrected chi connectivity index (χ3v) is 0.267. The molecule has 0 amide bonds. The maximum Gasteiger partial charge on any atom is 0.128 e. The summed E-state index contributed by atoms with van der Waals surface area (Å²) in [4.78, 5) is 3.93. The van der Waals surface area contributed by atoms with Crippen LogP contribution in [0.15, 0.2) is 0 Å². The normalized spacial score (nSPS) is 14.5. The smallest absolute Gasteiger partial charge is 0.128 e. The lowest BCUT2D eigenvalue weighted by Crippen LogP contribution is -2.26. The van der Waals surface area contributed by atoms with E-state index in [-0.39, 0.29) is 6.61 Å². The second-order valence-corrected chi connectivity index (χ2v) is 0.901. The Hall–Kier alpha value is -0.160. The van der Waals surface area contributed by atoms with Gasteiger partial charge in [-0.1, -0.05) is 0 Å². The second kappa shape index (κ2) is 3.05. The molecule has 0 fully saturated rings. The highest BCUT2D eigenvalue weighted by Gasteiger charge is 1.88. The summed E-state index contributed by atoms with van der Waals surface area (Å²) < 4.78 is 0. The molecule has 0 bridgehead atoms. The van der Waals surface area contributed by atoms with Crippen LogP contribution in [0.5, 0.6) is 0 Å². The van der Waals surface area contributed by atoms with Crippen molar-refractivity contribution in [3.8, 4) is 0 Å². The molecular weight excluding hydrogens is 84.0 g/mol. The van der Waals surface area contributed by atoms with Crippen LogP contribution in [0.4, 0.5) is 0 Å². The van der Waals surface area contributed by atoms with Crippen molar-refractivity contribution in [2.45, 2.75) is 6.23 Å². The van der Waals surface area contributed by atoms with Crippen LogP contribution in [0.2, 0.25) is 0 Å². The molecule has 0 aliphatic carbocycles. The Morgan fingerprint density at radius 2 is 2.33 bits per heavy atom. The first-order chi connectivity index (χ1) is 2.77. The highest BCUT2D eigenvalue weighted by molar-refractivity contribution is 4.33. The van der Waals surface area contributed by atoms with Gasteiger partial charge in [0.25, 0.3) is 0 Å². The molecule has 0 spiro atoms. The standard InChI is InChI=1S/C2H8N2O2/c3-2(5)1-6-4/h2,5H,1,3-4H2. The van der Waals surface area contributed by atoms with E-state index in [1.54, 1.807) is 0 Å². The minimum absolute atomic E-state index is 0.0139. The molecular formula is C2H8N2O2. The van der Waals surface area contributed by atoms with Crippen molar-refractivity contribution in [3.05, 3.63) is 0 Å². The predicted octanol–water partition coefficient (Wildman–Crippen LogP) is -1.85. The van der Waals surface area contributed by atoms with E-state index in [0.29, 0.717) is 0 Å². The Morgan fingerprint density at radius 3 is 2.33 bits per heavy atom. The van der Waals surface area contributed by atoms with Gasteiger partial charge >= 0.3 is 0 Å². The summed E-state index contributed by atoms with van der Waals surface area (Å²) in [6.45, 7) is -0.0139. The summed E-state index contributed by atoms with van der Waals surface area (Å²) in [5.74, 6) is 4.49. The van der Waals surface area contributed by atoms with Gasteiger partial charge in [0.1, 0.15) is 12.8 Å². The van der Waals surface area contributed by atoms with Gasteiger partial charge in [-0.15, -0.1) is 0 Å². The van der Waals surface area contributed by atoms with Crippen LogP contribution in [0, 0.1) is 0 Å². The maximum absolute atomic E-state index is 8.13. The molecule has 6 heavy (non-hydrogen) atoms. The van der Waals surface area contributed by atoms with Crippen molar-refractivity contribution in [1.29, 1.82) is 0 Å². The summed E-state index contributed by atoms with van der Waals surface area (Å²) in [5, 5.41) is 8.13. The Bertz CT molecular complexity index is 30.7. The second-order valence-electron chi connectivity index (χ2n) is 0.901. The Morgan fingerprint density at radius 1 is 1.83 bits per heavy atom. The van der Waals surface area contributed by atoms with Crippen molar-refractivity contribution < 1.29 is 9.94 Å². The molecule has 0 rings (SSSR count). The summed E-state index contributed by atoms with van der Waals surface area (Å²) >= 11 is 0. The fourth-order valence-electron chi connectivity index (χ4n) is 0.0986. The molecule has 0 aliphatic heterocycles. The number of nitrogens with two attached hydrogens (primary N) is 2. The van der Waals surface area contributed by atoms with E-state index >= 15 is 0 Å². The summed E-state index contributed by atoms with van der Waals surface area (Å²) in [5.41, 5.74) is 4.75. The van der Waals surface area contributed by atoms with Crippen molar-refractivity contribution in [3.63, 3.8) is 0 Å². The molecule has 0 aromatic carbocycles. The maximum atomic E-state index is 8.13. The number of aliphatic hydroxyl groups is 1. The quantitative estimate of drug-likeness (QED) is 0.276. The van der Waals surface area contributed by atoms with E-state index in [2.05, 4.69) is 10.7 Å². The summed E-state index contributed by atoms with van der Waals surface area (Å²) in [6, 6.07) is 0. The van der Waals surface area contributed by atoms with Crippen molar-refractivity contribution in [2.75, 3.05) is 6.61 Å². The van der Waals surface area contributed by atoms with Crippen molar-refractivity contribution in [1.82, 2.24) is 0 Å². The molecule has 4 nitrogen and oxygen atoms in total. The van der Waals surface area contributed by atoms with E-state index in [1.165, 1.54) is 0 Å². The van der Waals surface area contributed by atoms with Crippen molar-refractivity contribution >= 4 is 0 Å². The van der Waals surface area contributed by atoms with Gasteiger partial charge < -0.3 is 15.7 Å². The number of hydrogen-bond acceptors (Lipinski definition) is 4. The predicted molar refractivity (Wildman–Crippen MR) is 20.3 cm³/mol. The first-order valence-electron chi connectivity index (χ1n) is 1.52. The minimum Gasteiger partial charge on any atom is -0.376 e. The van der Waals surface area contributed by atoms with Gasteiger partial charge in [-0.3, -0.25) is 0 Å². The SMILES string of the molecule is NOCC(N)O. The zero-order valence-corrected chi connectivity index (χ0v) is 3.29. The largest absolute Gasteiger partial charge is 0.376 e. The molecule has 0 saturated carbocycles. The van der Waals surface area contributed by atoms with Gasteiger partial charge in [0.2, 0.25) is 0 Å². The number of hydrogen-bond donors (Lipinski definition) is 3. The molecule has 4 heteroatoms. The molecule has 5 N–H and O–H groups in total. The van der Waals surface area contributed by atoms with E-state index < -0.39 is 6.23 Å². The third-order valence-electron chi connectivity index (χ3n) is 0.267. The van der Waals surface area contributed by atoms with Crippen LogP contribution in [0.25, 0.3) is 0 Å². The van der Waals surface area contributed by atoms with Crippen LogP contribution in [-0.4, -0.2) is 17.9 Å². The molecule has 0 aromatic rings. The summed E-state index contributed by atoms with van der Waals surface area (Å²) in [7, 11) is 0. The van der Waals surface area contributed by atoms with Gasteiger partial charge in [0.15, 0.2) is 0 Å². The average Bonchev–Trinajstić information content (AvgIpc) is 1.35. The van der Waals surface area contributed by atoms with E-state index in [9.17, 15) is 0 Å².